The molecule has 1 unspecified atom stereocenters. The molecular weight excluding hydrogens is 448 g/mol. The van der Waals surface area contributed by atoms with Gasteiger partial charge < -0.3 is 14.8 Å². The van der Waals surface area contributed by atoms with Crippen LogP contribution in [0.4, 0.5) is 0 Å². The van der Waals surface area contributed by atoms with Crippen LogP contribution in [-0.4, -0.2) is 34.2 Å². The van der Waals surface area contributed by atoms with Gasteiger partial charge in [-0.05, 0) is 57.3 Å². The van der Waals surface area contributed by atoms with Crippen LogP contribution in [0.25, 0.3) is 0 Å². The van der Waals surface area contributed by atoms with Gasteiger partial charge in [-0.1, -0.05) is 41.0 Å². The van der Waals surface area contributed by atoms with E-state index in [9.17, 15) is 9.59 Å². The molecule has 2 aliphatic rings. The van der Waals surface area contributed by atoms with Gasteiger partial charge in [0.15, 0.2) is 16.6 Å². The molecule has 0 bridgehead atoms. The van der Waals surface area contributed by atoms with E-state index in [-0.39, 0.29) is 30.0 Å². The Morgan fingerprint density at radius 3 is 2.50 bits per heavy atom. The Labute approximate surface area is 209 Å². The molecule has 3 rings (SSSR count). The van der Waals surface area contributed by atoms with E-state index in [2.05, 4.69) is 44.9 Å². The van der Waals surface area contributed by atoms with Crippen molar-refractivity contribution in [3.63, 3.8) is 0 Å². The molecule has 1 aliphatic heterocycles. The van der Waals surface area contributed by atoms with Gasteiger partial charge in [0.05, 0.1) is 0 Å². The standard InChI is InChI=1S/C27H44N2O4S/c1-16(2)14-27(25(31)33-26(6,7)8)15-20(22(29-27)23-28-11-12-34-23)24(30)32-21-13-18(5)9-10-19(21)17(3)4/h11-12,16-22,29H,9-10,13-15H2,1-8H3/p+1/t18-,19+,20+,21?,22-,27+/m1/s1. The molecule has 1 aromatic rings. The van der Waals surface area contributed by atoms with Crippen molar-refractivity contribution in [2.45, 2.75) is 111 Å². The molecule has 2 heterocycles. The summed E-state index contributed by atoms with van der Waals surface area (Å²) in [5.41, 5.74) is -1.41. The zero-order chi connectivity index (χ0) is 25.3. The predicted octanol–water partition coefficient (Wildman–Crippen LogP) is 4.90. The molecule has 0 amide bonds. The molecule has 1 saturated heterocycles. The summed E-state index contributed by atoms with van der Waals surface area (Å²) in [6, 6.07) is -0.239. The van der Waals surface area contributed by atoms with Crippen LogP contribution in [0.15, 0.2) is 11.6 Å². The first-order valence-corrected chi connectivity index (χ1v) is 13.9. The van der Waals surface area contributed by atoms with Gasteiger partial charge in [-0.25, -0.2) is 9.78 Å². The number of hydrogen-bond acceptors (Lipinski definition) is 6. The van der Waals surface area contributed by atoms with Crippen LogP contribution in [0.1, 0.15) is 98.5 Å². The lowest BCUT2D eigenvalue weighted by molar-refractivity contribution is -0.733. The van der Waals surface area contributed by atoms with Gasteiger partial charge in [-0.3, -0.25) is 4.79 Å². The summed E-state index contributed by atoms with van der Waals surface area (Å²) in [5, 5.41) is 4.86. The van der Waals surface area contributed by atoms with Gasteiger partial charge in [-0.15, -0.1) is 11.3 Å². The van der Waals surface area contributed by atoms with Crippen molar-refractivity contribution < 1.29 is 24.4 Å². The van der Waals surface area contributed by atoms with E-state index in [1.807, 2.05) is 26.2 Å². The second-order valence-corrected chi connectivity index (χ2v) is 13.4. The number of rotatable bonds is 7. The van der Waals surface area contributed by atoms with Gasteiger partial charge in [0, 0.05) is 24.4 Å². The molecule has 0 radical (unpaired) electrons. The lowest BCUT2D eigenvalue weighted by Gasteiger charge is -2.37. The molecule has 6 atom stereocenters. The summed E-state index contributed by atoms with van der Waals surface area (Å²) >= 11 is 1.54. The SMILES string of the molecule is CC(C)C[C@@]1(C(=O)OC(C)(C)C)C[C@H](C(=O)OC2C[C@H](C)CC[C@H]2C(C)C)[C@H](c2nccs2)[NH2+]1. The molecule has 7 heteroatoms. The van der Waals surface area contributed by atoms with Crippen LogP contribution in [-0.2, 0) is 19.1 Å². The third-order valence-corrected chi connectivity index (χ3v) is 8.24. The average Bonchev–Trinajstić information content (AvgIpc) is 3.34. The Balaban J connectivity index is 1.90. The van der Waals surface area contributed by atoms with E-state index in [4.69, 9.17) is 9.47 Å². The maximum atomic E-state index is 13.8. The van der Waals surface area contributed by atoms with E-state index in [1.165, 1.54) is 17.8 Å². The molecule has 0 aromatic carbocycles. The molecule has 0 spiro atoms. The minimum absolute atomic E-state index is 0.0604. The first kappa shape index (κ1) is 27.1. The number of ether oxygens (including phenoxy) is 2. The highest BCUT2D eigenvalue weighted by Crippen LogP contribution is 2.40. The minimum Gasteiger partial charge on any atom is -0.462 e. The van der Waals surface area contributed by atoms with E-state index in [1.54, 1.807) is 6.20 Å². The second-order valence-electron chi connectivity index (χ2n) is 12.4. The fourth-order valence-electron chi connectivity index (χ4n) is 5.90. The third-order valence-electron chi connectivity index (χ3n) is 7.36. The normalized spacial score (nSPS) is 32.2. The van der Waals surface area contributed by atoms with Crippen LogP contribution in [0.2, 0.25) is 0 Å². The first-order chi connectivity index (χ1) is 15.8. The molecule has 2 N–H and O–H groups in total. The number of quaternary nitrogens is 1. The van der Waals surface area contributed by atoms with Crippen molar-refractivity contribution in [1.29, 1.82) is 0 Å². The van der Waals surface area contributed by atoms with Crippen molar-refractivity contribution in [2.75, 3.05) is 0 Å². The van der Waals surface area contributed by atoms with Crippen LogP contribution in [0, 0.1) is 29.6 Å². The van der Waals surface area contributed by atoms with Crippen molar-refractivity contribution in [3.8, 4) is 0 Å². The summed E-state index contributed by atoms with van der Waals surface area (Å²) in [7, 11) is 0. The van der Waals surface area contributed by atoms with Gasteiger partial charge in [0.2, 0.25) is 0 Å². The van der Waals surface area contributed by atoms with Gasteiger partial charge in [0.25, 0.3) is 0 Å². The molecule has 2 fully saturated rings. The molecule has 6 nitrogen and oxygen atoms in total. The number of nitrogens with two attached hydrogens (primary N) is 1. The van der Waals surface area contributed by atoms with E-state index >= 15 is 0 Å². The minimum atomic E-state index is -0.821. The van der Waals surface area contributed by atoms with E-state index < -0.39 is 17.1 Å². The van der Waals surface area contributed by atoms with E-state index in [0.29, 0.717) is 30.6 Å². The van der Waals surface area contributed by atoms with Gasteiger partial charge >= 0.3 is 11.9 Å². The van der Waals surface area contributed by atoms with Crippen LogP contribution in [0.5, 0.6) is 0 Å². The fourth-order valence-corrected chi connectivity index (χ4v) is 6.67. The van der Waals surface area contributed by atoms with Crippen LogP contribution < -0.4 is 5.32 Å². The molecule has 1 aliphatic carbocycles. The third kappa shape index (κ3) is 6.39. The van der Waals surface area contributed by atoms with Crippen molar-refractivity contribution in [1.82, 2.24) is 4.98 Å². The summed E-state index contributed by atoms with van der Waals surface area (Å²) in [6.45, 7) is 16.6. The van der Waals surface area contributed by atoms with Crippen molar-refractivity contribution in [3.05, 3.63) is 16.6 Å². The predicted molar refractivity (Wildman–Crippen MR) is 134 cm³/mol. The Hall–Kier alpha value is -1.47. The monoisotopic (exact) mass is 493 g/mol. The number of nitrogens with zero attached hydrogens (tertiary/aromatic N) is 1. The topological polar surface area (TPSA) is 82.1 Å². The number of carbonyl (C=O) groups is 2. The van der Waals surface area contributed by atoms with Crippen molar-refractivity contribution in [2.24, 2.45) is 29.6 Å². The van der Waals surface area contributed by atoms with Gasteiger partial charge in [-0.2, -0.15) is 0 Å². The molecule has 34 heavy (non-hydrogen) atoms. The largest absolute Gasteiger partial charge is 0.462 e. The summed E-state index contributed by atoms with van der Waals surface area (Å²) < 4.78 is 12.2. The highest BCUT2D eigenvalue weighted by Gasteiger charge is 2.60. The van der Waals surface area contributed by atoms with Gasteiger partial charge in [0.1, 0.15) is 17.6 Å². The molecule has 192 valence electrons. The summed E-state index contributed by atoms with van der Waals surface area (Å²) in [5.74, 6) is 0.835. The number of hydrogen-bond donors (Lipinski definition) is 1. The molecule has 1 saturated carbocycles. The smallest absolute Gasteiger partial charge is 0.368 e. The Morgan fingerprint density at radius 1 is 1.24 bits per heavy atom. The number of aromatic nitrogens is 1. The highest BCUT2D eigenvalue weighted by molar-refractivity contribution is 7.09. The van der Waals surface area contributed by atoms with Crippen LogP contribution >= 0.6 is 11.3 Å². The summed E-state index contributed by atoms with van der Waals surface area (Å²) in [4.78, 5) is 31.9. The lowest BCUT2D eigenvalue weighted by atomic mass is 9.75. The fraction of sp³-hybridized carbons (Fsp3) is 0.815. The lowest BCUT2D eigenvalue weighted by Crippen LogP contribution is -2.97. The number of thiazole rings is 1. The van der Waals surface area contributed by atoms with Crippen LogP contribution in [0.3, 0.4) is 0 Å². The summed E-state index contributed by atoms with van der Waals surface area (Å²) in [6.07, 6.45) is 5.96. The molecule has 1 aromatic heterocycles. The Kier molecular flexibility index (Phi) is 8.50. The number of carbonyl (C=O) groups excluding carboxylic acids is 2. The maximum absolute atomic E-state index is 13.8. The maximum Gasteiger partial charge on any atom is 0.368 e. The molecular formula is C27H45N2O4S+. The zero-order valence-electron chi connectivity index (χ0n) is 22.3. The first-order valence-electron chi connectivity index (χ1n) is 13.0. The van der Waals surface area contributed by atoms with E-state index in [0.717, 1.165) is 17.8 Å². The zero-order valence-corrected chi connectivity index (χ0v) is 23.1. The average molecular weight is 494 g/mol. The number of esters is 2. The second kappa shape index (κ2) is 10.7. The highest BCUT2D eigenvalue weighted by atomic mass is 32.1. The van der Waals surface area contributed by atoms with Crippen molar-refractivity contribution >= 4 is 23.3 Å². The Bertz CT molecular complexity index is 832. The quantitative estimate of drug-likeness (QED) is 0.547. The Morgan fingerprint density at radius 2 is 1.94 bits per heavy atom.